The summed E-state index contributed by atoms with van der Waals surface area (Å²) < 4.78 is 22.4. The molecule has 1 aliphatic rings. The molecule has 0 amide bonds. The molecule has 0 aliphatic carbocycles. The Labute approximate surface area is 178 Å². The van der Waals surface area contributed by atoms with Gasteiger partial charge in [0, 0.05) is 18.1 Å². The number of furan rings is 1. The summed E-state index contributed by atoms with van der Waals surface area (Å²) >= 11 is 5.66. The molecule has 0 spiro atoms. The Morgan fingerprint density at radius 2 is 1.90 bits per heavy atom. The summed E-state index contributed by atoms with van der Waals surface area (Å²) in [6.07, 6.45) is 5.41. The Morgan fingerprint density at radius 3 is 2.67 bits per heavy atom. The van der Waals surface area contributed by atoms with Crippen LogP contribution in [0.5, 0.6) is 0 Å². The fourth-order valence-corrected chi connectivity index (χ4v) is 4.31. The van der Waals surface area contributed by atoms with Crippen molar-refractivity contribution in [3.05, 3.63) is 108 Å². The van der Waals surface area contributed by atoms with Gasteiger partial charge in [-0.1, -0.05) is 18.2 Å². The summed E-state index contributed by atoms with van der Waals surface area (Å²) in [5.74, 6) is 0.519. The van der Waals surface area contributed by atoms with E-state index in [1.54, 1.807) is 24.6 Å². The lowest BCUT2D eigenvalue weighted by molar-refractivity contribution is 0.474. The zero-order valence-corrected chi connectivity index (χ0v) is 16.8. The van der Waals surface area contributed by atoms with Crippen molar-refractivity contribution in [2.75, 3.05) is 4.90 Å². The zero-order chi connectivity index (χ0) is 20.5. The third-order valence-corrected chi connectivity index (χ3v) is 5.60. The van der Waals surface area contributed by atoms with Gasteiger partial charge in [-0.3, -0.25) is 4.98 Å². The number of rotatable bonds is 5. The molecule has 150 valence electrons. The number of hydrogen-bond acceptors (Lipinski definition) is 3. The summed E-state index contributed by atoms with van der Waals surface area (Å²) in [7, 11) is 0. The molecule has 1 fully saturated rings. The molecule has 7 heteroatoms. The highest BCUT2D eigenvalue weighted by molar-refractivity contribution is 7.80. The predicted molar refractivity (Wildman–Crippen MR) is 117 cm³/mol. The second-order valence-electron chi connectivity index (χ2n) is 7.09. The molecular formula is C23H19FN4OS. The van der Waals surface area contributed by atoms with Gasteiger partial charge in [0.05, 0.1) is 30.2 Å². The fraction of sp³-hybridized carbons (Fsp3) is 0.130. The van der Waals surface area contributed by atoms with E-state index in [2.05, 4.69) is 14.9 Å². The minimum atomic E-state index is -0.322. The number of para-hydroxylation sites is 1. The number of halogens is 1. The molecule has 3 aromatic heterocycles. The van der Waals surface area contributed by atoms with Gasteiger partial charge in [0.1, 0.15) is 17.6 Å². The third-order valence-electron chi connectivity index (χ3n) is 5.28. The monoisotopic (exact) mass is 418 g/mol. The highest BCUT2D eigenvalue weighted by atomic mass is 32.1. The van der Waals surface area contributed by atoms with Crippen LogP contribution in [0.15, 0.2) is 89.8 Å². The number of thiocarbonyl (C=S) groups is 1. The minimum absolute atomic E-state index is 0.233. The van der Waals surface area contributed by atoms with E-state index in [0.29, 0.717) is 17.3 Å². The van der Waals surface area contributed by atoms with Gasteiger partial charge < -0.3 is 19.2 Å². The zero-order valence-electron chi connectivity index (χ0n) is 16.0. The first kappa shape index (κ1) is 18.6. The van der Waals surface area contributed by atoms with Crippen LogP contribution in [-0.2, 0) is 6.54 Å². The largest absolute Gasteiger partial charge is 0.467 e. The van der Waals surface area contributed by atoms with Crippen LogP contribution >= 0.6 is 12.2 Å². The number of anilines is 1. The van der Waals surface area contributed by atoms with Crippen LogP contribution in [0.2, 0.25) is 0 Å². The minimum Gasteiger partial charge on any atom is -0.467 e. The quantitative estimate of drug-likeness (QED) is 0.470. The van der Waals surface area contributed by atoms with E-state index in [9.17, 15) is 4.39 Å². The van der Waals surface area contributed by atoms with Crippen molar-refractivity contribution >= 4 is 23.0 Å². The van der Waals surface area contributed by atoms with Crippen LogP contribution in [0.4, 0.5) is 10.1 Å². The lowest BCUT2D eigenvalue weighted by Crippen LogP contribution is -2.31. The molecule has 0 unspecified atom stereocenters. The molecule has 2 atom stereocenters. The van der Waals surface area contributed by atoms with Crippen molar-refractivity contribution in [2.24, 2.45) is 0 Å². The molecule has 0 radical (unpaired) electrons. The van der Waals surface area contributed by atoms with E-state index >= 15 is 0 Å². The first-order chi connectivity index (χ1) is 14.7. The summed E-state index contributed by atoms with van der Waals surface area (Å²) in [5.41, 5.74) is 2.26. The highest BCUT2D eigenvalue weighted by Gasteiger charge is 2.42. The van der Waals surface area contributed by atoms with Crippen molar-refractivity contribution in [3.8, 4) is 0 Å². The van der Waals surface area contributed by atoms with Crippen LogP contribution in [-0.4, -0.2) is 14.7 Å². The standard InChI is InChI=1S/C23H19FN4OS/c24-17-8-1-2-10-19(17)28-22(21(26-23(28)30)18-9-3-4-12-25-18)20-11-5-13-27(20)15-16-7-6-14-29-16/h1-14,21-22H,15H2,(H,26,30)/t21-,22+/m1/s1. The Morgan fingerprint density at radius 1 is 1.03 bits per heavy atom. The lowest BCUT2D eigenvalue weighted by atomic mass is 10.0. The summed E-state index contributed by atoms with van der Waals surface area (Å²) in [5, 5.41) is 3.83. The normalized spacial score (nSPS) is 18.6. The average molecular weight is 418 g/mol. The molecule has 1 aromatic carbocycles. The van der Waals surface area contributed by atoms with Crippen LogP contribution in [0.3, 0.4) is 0 Å². The molecule has 1 aliphatic heterocycles. The van der Waals surface area contributed by atoms with Gasteiger partial charge in [-0.25, -0.2) is 4.39 Å². The molecular weight excluding hydrogens is 399 g/mol. The van der Waals surface area contributed by atoms with Crippen LogP contribution in [0.1, 0.15) is 29.2 Å². The molecule has 1 N–H and O–H groups in total. The first-order valence-corrected chi connectivity index (χ1v) is 10.1. The smallest absolute Gasteiger partial charge is 0.174 e. The Kier molecular flexibility index (Phi) is 4.80. The van der Waals surface area contributed by atoms with Gasteiger partial charge in [0.25, 0.3) is 0 Å². The van der Waals surface area contributed by atoms with Crippen molar-refractivity contribution in [3.63, 3.8) is 0 Å². The van der Waals surface area contributed by atoms with Crippen LogP contribution in [0, 0.1) is 5.82 Å². The number of pyridine rings is 1. The van der Waals surface area contributed by atoms with E-state index in [1.165, 1.54) is 6.07 Å². The van der Waals surface area contributed by atoms with Crippen molar-refractivity contribution in [1.82, 2.24) is 14.9 Å². The van der Waals surface area contributed by atoms with Crippen molar-refractivity contribution in [1.29, 1.82) is 0 Å². The Bertz CT molecular complexity index is 1160. The van der Waals surface area contributed by atoms with E-state index in [0.717, 1.165) is 17.1 Å². The topological polar surface area (TPSA) is 46.2 Å². The summed E-state index contributed by atoms with van der Waals surface area (Å²) in [6, 6.07) is 19.8. The first-order valence-electron chi connectivity index (χ1n) is 9.65. The molecule has 1 saturated heterocycles. The van der Waals surface area contributed by atoms with Crippen molar-refractivity contribution < 1.29 is 8.81 Å². The average Bonchev–Trinajstić information content (AvgIpc) is 3.50. The maximum atomic E-state index is 14.8. The lowest BCUT2D eigenvalue weighted by Gasteiger charge is -2.29. The molecule has 4 aromatic rings. The van der Waals surface area contributed by atoms with Gasteiger partial charge >= 0.3 is 0 Å². The van der Waals surface area contributed by atoms with Crippen LogP contribution in [0.25, 0.3) is 0 Å². The molecule has 30 heavy (non-hydrogen) atoms. The van der Waals surface area contributed by atoms with E-state index in [1.807, 2.05) is 59.6 Å². The molecule has 5 rings (SSSR count). The Hall–Kier alpha value is -3.45. The van der Waals surface area contributed by atoms with E-state index in [4.69, 9.17) is 16.6 Å². The second kappa shape index (κ2) is 7.76. The third kappa shape index (κ3) is 3.27. The maximum Gasteiger partial charge on any atom is 0.174 e. The SMILES string of the molecule is Fc1ccccc1N1C(=S)N[C@H](c2ccccn2)[C@@H]1c1cccn1Cc1ccco1. The second-order valence-corrected chi connectivity index (χ2v) is 7.48. The number of benzene rings is 1. The highest BCUT2D eigenvalue weighted by Crippen LogP contribution is 2.42. The van der Waals surface area contributed by atoms with Gasteiger partial charge in [0.2, 0.25) is 0 Å². The number of aromatic nitrogens is 2. The molecule has 0 saturated carbocycles. The summed E-state index contributed by atoms with van der Waals surface area (Å²) in [4.78, 5) is 6.39. The van der Waals surface area contributed by atoms with Crippen LogP contribution < -0.4 is 10.2 Å². The van der Waals surface area contributed by atoms with E-state index < -0.39 is 0 Å². The number of nitrogens with one attached hydrogen (secondary N) is 1. The van der Waals surface area contributed by atoms with Gasteiger partial charge in [-0.15, -0.1) is 0 Å². The van der Waals surface area contributed by atoms with Gasteiger partial charge in [-0.2, -0.15) is 0 Å². The summed E-state index contributed by atoms with van der Waals surface area (Å²) in [6.45, 7) is 0.568. The number of nitrogens with zero attached hydrogens (tertiary/aromatic N) is 3. The molecule has 4 heterocycles. The van der Waals surface area contributed by atoms with Gasteiger partial charge in [0.15, 0.2) is 5.11 Å². The number of hydrogen-bond donors (Lipinski definition) is 1. The van der Waals surface area contributed by atoms with E-state index in [-0.39, 0.29) is 17.9 Å². The van der Waals surface area contributed by atoms with Gasteiger partial charge in [-0.05, 0) is 60.7 Å². The fourth-order valence-electron chi connectivity index (χ4n) is 3.97. The molecule has 0 bridgehead atoms. The maximum absolute atomic E-state index is 14.8. The predicted octanol–water partition coefficient (Wildman–Crippen LogP) is 4.84. The Balaban J connectivity index is 1.63. The van der Waals surface area contributed by atoms with Crippen molar-refractivity contribution in [2.45, 2.75) is 18.6 Å². The molecule has 5 nitrogen and oxygen atoms in total.